The first-order valence-corrected chi connectivity index (χ1v) is 6.56. The van der Waals surface area contributed by atoms with Crippen LogP contribution in [0.2, 0.25) is 0 Å². The smallest absolute Gasteiger partial charge is 0.0662 e. The lowest BCUT2D eigenvalue weighted by atomic mass is 9.89. The molecule has 0 spiro atoms. The average Bonchev–Trinajstić information content (AvgIpc) is 2.39. The van der Waals surface area contributed by atoms with Crippen molar-refractivity contribution in [3.05, 3.63) is 0 Å². The van der Waals surface area contributed by atoms with Crippen LogP contribution in [0.15, 0.2) is 0 Å². The molecule has 0 aromatic rings. The number of nitrogens with two attached hydrogens (primary N) is 1. The van der Waals surface area contributed by atoms with Gasteiger partial charge in [0.25, 0.3) is 0 Å². The highest BCUT2D eigenvalue weighted by Gasteiger charge is 2.38. The lowest BCUT2D eigenvalue weighted by Crippen LogP contribution is -2.63. The summed E-state index contributed by atoms with van der Waals surface area (Å²) in [5.41, 5.74) is 6.14. The first-order valence-electron chi connectivity index (χ1n) is 6.56. The van der Waals surface area contributed by atoms with Gasteiger partial charge in [-0.3, -0.25) is 4.90 Å². The Kier molecular flexibility index (Phi) is 4.19. The second-order valence-electron chi connectivity index (χ2n) is 5.01. The van der Waals surface area contributed by atoms with Gasteiger partial charge in [0.2, 0.25) is 0 Å². The Morgan fingerprint density at radius 1 is 1.25 bits per heavy atom. The standard InChI is InChI=1S/C12H25N3O/c1-2-14-5-7-15(8-6-14)12(10-13)4-3-9-16-11-12/h2-11,13H2,1H3. The molecule has 1 unspecified atom stereocenters. The van der Waals surface area contributed by atoms with Gasteiger partial charge >= 0.3 is 0 Å². The van der Waals surface area contributed by atoms with Crippen molar-refractivity contribution >= 4 is 0 Å². The van der Waals surface area contributed by atoms with Crippen LogP contribution in [-0.2, 0) is 4.74 Å². The van der Waals surface area contributed by atoms with Gasteiger partial charge in [0, 0.05) is 39.3 Å². The van der Waals surface area contributed by atoms with Crippen LogP contribution in [0.4, 0.5) is 0 Å². The van der Waals surface area contributed by atoms with E-state index in [1.807, 2.05) is 0 Å². The summed E-state index contributed by atoms with van der Waals surface area (Å²) in [6, 6.07) is 0. The molecule has 2 rings (SSSR count). The molecule has 2 heterocycles. The van der Waals surface area contributed by atoms with Crippen LogP contribution in [0.5, 0.6) is 0 Å². The number of likely N-dealkylation sites (N-methyl/N-ethyl adjacent to an activating group) is 1. The lowest BCUT2D eigenvalue weighted by molar-refractivity contribution is -0.0606. The Morgan fingerprint density at radius 2 is 2.00 bits per heavy atom. The normalized spacial score (nSPS) is 34.1. The molecule has 2 aliphatic heterocycles. The van der Waals surface area contributed by atoms with Gasteiger partial charge in [-0.25, -0.2) is 0 Å². The first kappa shape index (κ1) is 12.3. The number of ether oxygens (including phenoxy) is 1. The van der Waals surface area contributed by atoms with Crippen LogP contribution in [0, 0.1) is 0 Å². The third kappa shape index (κ3) is 2.40. The molecule has 2 N–H and O–H groups in total. The Hall–Kier alpha value is -0.160. The molecule has 0 bridgehead atoms. The summed E-state index contributed by atoms with van der Waals surface area (Å²) in [6.07, 6.45) is 2.36. The van der Waals surface area contributed by atoms with Crippen molar-refractivity contribution in [2.24, 2.45) is 5.73 Å². The highest BCUT2D eigenvalue weighted by Crippen LogP contribution is 2.26. The molecule has 0 radical (unpaired) electrons. The zero-order chi connectivity index (χ0) is 11.4. The molecule has 0 aliphatic carbocycles. The van der Waals surface area contributed by atoms with Crippen LogP contribution in [0.25, 0.3) is 0 Å². The van der Waals surface area contributed by atoms with E-state index in [0.29, 0.717) is 0 Å². The molecule has 2 aliphatic rings. The van der Waals surface area contributed by atoms with E-state index < -0.39 is 0 Å². The predicted molar refractivity (Wildman–Crippen MR) is 65.5 cm³/mol. The maximum absolute atomic E-state index is 6.00. The number of hydrogen-bond acceptors (Lipinski definition) is 4. The number of nitrogens with zero attached hydrogens (tertiary/aromatic N) is 2. The van der Waals surface area contributed by atoms with Gasteiger partial charge in [0.1, 0.15) is 0 Å². The minimum atomic E-state index is 0.137. The van der Waals surface area contributed by atoms with Gasteiger partial charge in [-0.05, 0) is 19.4 Å². The van der Waals surface area contributed by atoms with Crippen LogP contribution < -0.4 is 5.73 Å². The van der Waals surface area contributed by atoms with E-state index in [2.05, 4.69) is 16.7 Å². The van der Waals surface area contributed by atoms with E-state index >= 15 is 0 Å². The highest BCUT2D eigenvalue weighted by atomic mass is 16.5. The summed E-state index contributed by atoms with van der Waals surface area (Å²) in [6.45, 7) is 10.5. The molecule has 0 aromatic heterocycles. The SMILES string of the molecule is CCN1CCN(C2(CN)CCCOC2)CC1. The van der Waals surface area contributed by atoms with Gasteiger partial charge in [0.15, 0.2) is 0 Å². The topological polar surface area (TPSA) is 41.7 Å². The summed E-state index contributed by atoms with van der Waals surface area (Å²) in [7, 11) is 0. The van der Waals surface area contributed by atoms with E-state index in [9.17, 15) is 0 Å². The molecule has 1 atom stereocenters. The second kappa shape index (κ2) is 5.45. The molecule has 2 saturated heterocycles. The van der Waals surface area contributed by atoms with Gasteiger partial charge in [-0.1, -0.05) is 6.92 Å². The number of rotatable bonds is 3. The van der Waals surface area contributed by atoms with Crippen LogP contribution in [0.3, 0.4) is 0 Å². The van der Waals surface area contributed by atoms with Crippen molar-refractivity contribution in [1.82, 2.24) is 9.80 Å². The summed E-state index contributed by atoms with van der Waals surface area (Å²) < 4.78 is 5.65. The van der Waals surface area contributed by atoms with Gasteiger partial charge in [-0.15, -0.1) is 0 Å². The Bertz CT molecular complexity index is 208. The Labute approximate surface area is 98.7 Å². The van der Waals surface area contributed by atoms with E-state index in [1.54, 1.807) is 0 Å². The van der Waals surface area contributed by atoms with Crippen molar-refractivity contribution in [1.29, 1.82) is 0 Å². The fourth-order valence-corrected chi connectivity index (χ4v) is 2.92. The van der Waals surface area contributed by atoms with Crippen molar-refractivity contribution in [2.45, 2.75) is 25.3 Å². The quantitative estimate of drug-likeness (QED) is 0.744. The van der Waals surface area contributed by atoms with Gasteiger partial charge in [-0.2, -0.15) is 0 Å². The minimum absolute atomic E-state index is 0.137. The monoisotopic (exact) mass is 227 g/mol. The molecular weight excluding hydrogens is 202 g/mol. The lowest BCUT2D eigenvalue weighted by Gasteiger charge is -2.48. The molecule has 16 heavy (non-hydrogen) atoms. The summed E-state index contributed by atoms with van der Waals surface area (Å²) >= 11 is 0. The van der Waals surface area contributed by atoms with Crippen molar-refractivity contribution < 1.29 is 4.74 Å². The molecule has 0 amide bonds. The van der Waals surface area contributed by atoms with E-state index in [4.69, 9.17) is 10.5 Å². The minimum Gasteiger partial charge on any atom is -0.379 e. The van der Waals surface area contributed by atoms with Gasteiger partial charge < -0.3 is 15.4 Å². The fraction of sp³-hybridized carbons (Fsp3) is 1.00. The van der Waals surface area contributed by atoms with Crippen LogP contribution in [0.1, 0.15) is 19.8 Å². The van der Waals surface area contributed by atoms with E-state index in [1.165, 1.54) is 26.1 Å². The molecule has 0 aromatic carbocycles. The molecule has 4 nitrogen and oxygen atoms in total. The third-order valence-electron chi connectivity index (χ3n) is 4.17. The zero-order valence-corrected chi connectivity index (χ0v) is 10.5. The largest absolute Gasteiger partial charge is 0.379 e. The molecular formula is C12H25N3O. The molecule has 4 heteroatoms. The number of hydrogen-bond donors (Lipinski definition) is 1. The van der Waals surface area contributed by atoms with E-state index in [-0.39, 0.29) is 5.54 Å². The maximum atomic E-state index is 6.00. The highest BCUT2D eigenvalue weighted by molar-refractivity contribution is 4.95. The predicted octanol–water partition coefficient (Wildman–Crippen LogP) is 0.132. The van der Waals surface area contributed by atoms with Crippen LogP contribution >= 0.6 is 0 Å². The van der Waals surface area contributed by atoms with Crippen LogP contribution in [-0.4, -0.2) is 67.8 Å². The summed E-state index contributed by atoms with van der Waals surface area (Å²) in [4.78, 5) is 5.07. The molecule has 94 valence electrons. The number of piperazine rings is 1. The fourth-order valence-electron chi connectivity index (χ4n) is 2.92. The second-order valence-corrected chi connectivity index (χ2v) is 5.01. The Morgan fingerprint density at radius 3 is 2.50 bits per heavy atom. The maximum Gasteiger partial charge on any atom is 0.0662 e. The van der Waals surface area contributed by atoms with E-state index in [0.717, 1.165) is 39.3 Å². The third-order valence-corrected chi connectivity index (χ3v) is 4.17. The first-order chi connectivity index (χ1) is 7.80. The van der Waals surface area contributed by atoms with Crippen molar-refractivity contribution in [3.8, 4) is 0 Å². The zero-order valence-electron chi connectivity index (χ0n) is 10.5. The van der Waals surface area contributed by atoms with Crippen molar-refractivity contribution in [3.63, 3.8) is 0 Å². The van der Waals surface area contributed by atoms with Crippen molar-refractivity contribution in [2.75, 3.05) is 52.5 Å². The molecule has 0 saturated carbocycles. The average molecular weight is 227 g/mol. The van der Waals surface area contributed by atoms with Gasteiger partial charge in [0.05, 0.1) is 12.1 Å². The molecule has 2 fully saturated rings. The Balaban J connectivity index is 1.94. The summed E-state index contributed by atoms with van der Waals surface area (Å²) in [5.74, 6) is 0. The summed E-state index contributed by atoms with van der Waals surface area (Å²) in [5, 5.41) is 0.